The van der Waals surface area contributed by atoms with Crippen LogP contribution in [0.2, 0.25) is 0 Å². The molecule has 0 fully saturated rings. The van der Waals surface area contributed by atoms with Gasteiger partial charge < -0.3 is 21.1 Å². The Morgan fingerprint density at radius 3 is 2.47 bits per heavy atom. The van der Waals surface area contributed by atoms with E-state index in [0.717, 1.165) is 28.1 Å². The molecule has 4 amide bonds. The molecule has 9 heteroatoms. The van der Waals surface area contributed by atoms with Crippen molar-refractivity contribution >= 4 is 50.0 Å². The maximum absolute atomic E-state index is 12.8. The monoisotopic (exact) mass is 532 g/mol. The number of hydrogen-bond acceptors (Lipinski definition) is 6. The third-order valence-corrected chi connectivity index (χ3v) is 7.39. The molecule has 8 nitrogen and oxygen atoms in total. The number of rotatable bonds is 11. The van der Waals surface area contributed by atoms with Crippen molar-refractivity contribution in [1.29, 1.82) is 0 Å². The highest BCUT2D eigenvalue weighted by Gasteiger charge is 2.20. The number of unbranched alkanes of at least 4 members (excludes halogenated alkanes) is 1. The summed E-state index contributed by atoms with van der Waals surface area (Å²) in [6, 6.07) is 18.2. The van der Waals surface area contributed by atoms with E-state index in [4.69, 9.17) is 16.2 Å². The lowest BCUT2D eigenvalue weighted by Crippen LogP contribution is -2.43. The minimum absolute atomic E-state index is 0.0301. The number of hydrogen-bond donors (Lipinski definition) is 3. The van der Waals surface area contributed by atoms with Crippen LogP contribution in [-0.4, -0.2) is 49.0 Å². The zero-order chi connectivity index (χ0) is 27.1. The standard InChI is InChI=1S/C29H32N4O4S/c1-33(28(35)24(30)15-22-18-38-26-11-5-4-10-23(22)26)12-6-7-13-37-25-16-20-9-3-2-8-19(20)14-21(25)17-27(34)32-29(31)36/h2-5,8-11,14,16,18,24H,6-7,12-13,15,17,30H2,1H3,(H3,31,32,34,36). The molecule has 0 aliphatic heterocycles. The molecule has 5 N–H and O–H groups in total. The Bertz CT molecular complexity index is 1450. The molecule has 0 aliphatic carbocycles. The van der Waals surface area contributed by atoms with Crippen molar-refractivity contribution in [3.63, 3.8) is 0 Å². The summed E-state index contributed by atoms with van der Waals surface area (Å²) in [5.41, 5.74) is 13.1. The molecule has 0 bridgehead atoms. The van der Waals surface area contributed by atoms with Crippen LogP contribution in [0.4, 0.5) is 4.79 Å². The Morgan fingerprint density at radius 2 is 1.71 bits per heavy atom. The van der Waals surface area contributed by atoms with Crippen LogP contribution < -0.4 is 21.5 Å². The van der Waals surface area contributed by atoms with Gasteiger partial charge in [-0.1, -0.05) is 42.5 Å². The quantitative estimate of drug-likeness (QED) is 0.252. The van der Waals surface area contributed by atoms with Gasteiger partial charge in [-0.3, -0.25) is 14.9 Å². The highest BCUT2D eigenvalue weighted by Crippen LogP contribution is 2.28. The van der Waals surface area contributed by atoms with E-state index in [-0.39, 0.29) is 12.3 Å². The molecule has 38 heavy (non-hydrogen) atoms. The van der Waals surface area contributed by atoms with Gasteiger partial charge in [-0.2, -0.15) is 0 Å². The van der Waals surface area contributed by atoms with Gasteiger partial charge in [-0.25, -0.2) is 4.79 Å². The largest absolute Gasteiger partial charge is 0.493 e. The van der Waals surface area contributed by atoms with Crippen molar-refractivity contribution in [3.05, 3.63) is 77.2 Å². The first-order valence-corrected chi connectivity index (χ1v) is 13.4. The fraction of sp³-hybridized carbons (Fsp3) is 0.276. The predicted octanol–water partition coefficient (Wildman–Crippen LogP) is 3.98. The lowest BCUT2D eigenvalue weighted by Gasteiger charge is -2.21. The summed E-state index contributed by atoms with van der Waals surface area (Å²) in [6.07, 6.45) is 1.92. The molecule has 0 saturated carbocycles. The van der Waals surface area contributed by atoms with Gasteiger partial charge in [0.1, 0.15) is 5.75 Å². The molecule has 198 valence electrons. The van der Waals surface area contributed by atoms with E-state index in [1.54, 1.807) is 23.3 Å². The van der Waals surface area contributed by atoms with Gasteiger partial charge in [-0.15, -0.1) is 11.3 Å². The number of nitrogens with one attached hydrogen (secondary N) is 1. The van der Waals surface area contributed by atoms with Gasteiger partial charge >= 0.3 is 6.03 Å². The second-order valence-electron chi connectivity index (χ2n) is 9.28. The third kappa shape index (κ3) is 6.87. The first-order chi connectivity index (χ1) is 18.3. The van der Waals surface area contributed by atoms with Crippen LogP contribution in [-0.2, 0) is 22.4 Å². The van der Waals surface area contributed by atoms with Crippen molar-refractivity contribution in [2.24, 2.45) is 11.5 Å². The smallest absolute Gasteiger partial charge is 0.318 e. The number of fused-ring (bicyclic) bond motifs is 2. The van der Waals surface area contributed by atoms with Crippen molar-refractivity contribution < 1.29 is 19.1 Å². The Kier molecular flexibility index (Phi) is 8.93. The number of primary amides is 1. The third-order valence-electron chi connectivity index (χ3n) is 6.38. The number of nitrogens with two attached hydrogens (primary N) is 2. The molecule has 0 saturated heterocycles. The molecular formula is C29H32N4O4S. The molecule has 0 radical (unpaired) electrons. The van der Waals surface area contributed by atoms with E-state index in [1.165, 1.54) is 4.70 Å². The summed E-state index contributed by atoms with van der Waals surface area (Å²) in [5, 5.41) is 7.28. The zero-order valence-corrected chi connectivity index (χ0v) is 22.1. The van der Waals surface area contributed by atoms with Crippen LogP contribution in [0.15, 0.2) is 66.0 Å². The van der Waals surface area contributed by atoms with E-state index >= 15 is 0 Å². The molecule has 1 atom stereocenters. The van der Waals surface area contributed by atoms with E-state index in [1.807, 2.05) is 48.5 Å². The molecule has 1 aromatic heterocycles. The van der Waals surface area contributed by atoms with E-state index in [9.17, 15) is 14.4 Å². The molecule has 4 rings (SSSR count). The lowest BCUT2D eigenvalue weighted by atomic mass is 10.0. The number of amides is 4. The normalized spacial score (nSPS) is 11.8. The molecule has 1 unspecified atom stereocenters. The van der Waals surface area contributed by atoms with Crippen LogP contribution >= 0.6 is 11.3 Å². The second kappa shape index (κ2) is 12.5. The molecular weight excluding hydrogens is 500 g/mol. The van der Waals surface area contributed by atoms with Gasteiger partial charge in [0.25, 0.3) is 0 Å². The molecule has 0 spiro atoms. The van der Waals surface area contributed by atoms with Crippen molar-refractivity contribution in [1.82, 2.24) is 10.2 Å². The van der Waals surface area contributed by atoms with Crippen LogP contribution in [0, 0.1) is 0 Å². The SMILES string of the molecule is CN(CCCCOc1cc2ccccc2cc1CC(=O)NC(N)=O)C(=O)C(N)Cc1csc2ccccc12. The number of carbonyl (C=O) groups is 3. The summed E-state index contributed by atoms with van der Waals surface area (Å²) in [6.45, 7) is 0.976. The number of likely N-dealkylation sites (N-methyl/N-ethyl adjacent to an activating group) is 1. The van der Waals surface area contributed by atoms with E-state index in [2.05, 4.69) is 22.8 Å². The summed E-state index contributed by atoms with van der Waals surface area (Å²) >= 11 is 1.66. The number of nitrogens with zero attached hydrogens (tertiary/aromatic N) is 1. The van der Waals surface area contributed by atoms with E-state index in [0.29, 0.717) is 37.3 Å². The Balaban J connectivity index is 1.28. The zero-order valence-electron chi connectivity index (χ0n) is 21.3. The predicted molar refractivity (Wildman–Crippen MR) is 151 cm³/mol. The van der Waals surface area contributed by atoms with Gasteiger partial charge in [0.05, 0.1) is 19.1 Å². The summed E-state index contributed by atoms with van der Waals surface area (Å²) in [4.78, 5) is 37.7. The summed E-state index contributed by atoms with van der Waals surface area (Å²) in [7, 11) is 1.77. The number of thiophene rings is 1. The maximum atomic E-state index is 12.8. The number of carbonyl (C=O) groups excluding carboxylic acids is 3. The first kappa shape index (κ1) is 27.1. The minimum Gasteiger partial charge on any atom is -0.493 e. The van der Waals surface area contributed by atoms with Gasteiger partial charge in [-0.05, 0) is 64.6 Å². The lowest BCUT2D eigenvalue weighted by molar-refractivity contribution is -0.131. The Hall–Kier alpha value is -3.95. The topological polar surface area (TPSA) is 128 Å². The Labute approximate surface area is 225 Å². The maximum Gasteiger partial charge on any atom is 0.318 e. The van der Waals surface area contributed by atoms with Crippen molar-refractivity contribution in [2.75, 3.05) is 20.2 Å². The Morgan fingerprint density at radius 1 is 1.00 bits per heavy atom. The fourth-order valence-corrected chi connectivity index (χ4v) is 5.41. The van der Waals surface area contributed by atoms with E-state index < -0.39 is 18.0 Å². The molecule has 3 aromatic carbocycles. The summed E-state index contributed by atoms with van der Waals surface area (Å²) in [5.74, 6) is 0.000738. The fourth-order valence-electron chi connectivity index (χ4n) is 4.44. The highest BCUT2D eigenvalue weighted by molar-refractivity contribution is 7.17. The molecule has 1 heterocycles. The van der Waals surface area contributed by atoms with Crippen LogP contribution in [0.1, 0.15) is 24.0 Å². The number of imide groups is 1. The average molecular weight is 533 g/mol. The van der Waals surface area contributed by atoms with Crippen LogP contribution in [0.25, 0.3) is 20.9 Å². The number of benzene rings is 3. The number of urea groups is 1. The van der Waals surface area contributed by atoms with Crippen LogP contribution in [0.5, 0.6) is 5.75 Å². The van der Waals surface area contributed by atoms with Gasteiger partial charge in [0.2, 0.25) is 11.8 Å². The summed E-state index contributed by atoms with van der Waals surface area (Å²) < 4.78 is 7.22. The van der Waals surface area contributed by atoms with Gasteiger partial charge in [0, 0.05) is 23.9 Å². The van der Waals surface area contributed by atoms with Crippen LogP contribution in [0.3, 0.4) is 0 Å². The average Bonchev–Trinajstić information content (AvgIpc) is 3.30. The first-order valence-electron chi connectivity index (χ1n) is 12.5. The van der Waals surface area contributed by atoms with Crippen molar-refractivity contribution in [2.45, 2.75) is 31.7 Å². The highest BCUT2D eigenvalue weighted by atomic mass is 32.1. The number of ether oxygens (including phenoxy) is 1. The molecule has 4 aromatic rings. The second-order valence-corrected chi connectivity index (χ2v) is 10.2. The molecule has 0 aliphatic rings. The van der Waals surface area contributed by atoms with Crippen molar-refractivity contribution in [3.8, 4) is 5.75 Å². The van der Waals surface area contributed by atoms with Gasteiger partial charge in [0.15, 0.2) is 0 Å². The minimum atomic E-state index is -0.889.